The van der Waals surface area contributed by atoms with Crippen molar-refractivity contribution in [1.82, 2.24) is 10.2 Å². The molecule has 1 aliphatic carbocycles. The molecule has 0 spiro atoms. The van der Waals surface area contributed by atoms with E-state index in [4.69, 9.17) is 23.2 Å². The number of rotatable bonds is 4. The molecule has 2 nitrogen and oxygen atoms in total. The van der Waals surface area contributed by atoms with E-state index in [9.17, 15) is 0 Å². The number of nitrogens with one attached hydrogen (secondary N) is 1. The normalized spacial score (nSPS) is 22.9. The third-order valence-electron chi connectivity index (χ3n) is 4.51. The number of hydrogen-bond donors (Lipinski definition) is 1. The molecule has 20 heavy (non-hydrogen) atoms. The number of halogens is 2. The van der Waals surface area contributed by atoms with Crippen molar-refractivity contribution in [1.29, 1.82) is 0 Å². The highest BCUT2D eigenvalue weighted by Crippen LogP contribution is 2.30. The molecular weight excluding hydrogens is 291 g/mol. The molecule has 110 valence electrons. The zero-order chi connectivity index (χ0) is 14.1. The van der Waals surface area contributed by atoms with E-state index in [1.165, 1.54) is 38.8 Å². The molecule has 0 amide bonds. The van der Waals surface area contributed by atoms with Crippen molar-refractivity contribution in [2.24, 2.45) is 0 Å². The van der Waals surface area contributed by atoms with E-state index < -0.39 is 0 Å². The fourth-order valence-corrected chi connectivity index (χ4v) is 3.74. The predicted molar refractivity (Wildman–Crippen MR) is 85.6 cm³/mol. The summed E-state index contributed by atoms with van der Waals surface area (Å²) >= 11 is 12.2. The number of likely N-dealkylation sites (tertiary alicyclic amines) is 1. The second-order valence-corrected chi connectivity index (χ2v) is 6.94. The molecule has 1 heterocycles. The topological polar surface area (TPSA) is 15.3 Å². The molecule has 0 aromatic heterocycles. The lowest BCUT2D eigenvalue weighted by atomic mass is 10.0. The van der Waals surface area contributed by atoms with Crippen LogP contribution in [-0.4, -0.2) is 30.1 Å². The Morgan fingerprint density at radius 3 is 2.45 bits per heavy atom. The molecule has 1 N–H and O–H groups in total. The molecular formula is C16H22Cl2N2. The Bertz CT molecular complexity index is 466. The molecule has 1 aromatic rings. The minimum atomic E-state index is 0.275. The summed E-state index contributed by atoms with van der Waals surface area (Å²) in [6, 6.07) is 7.55. The van der Waals surface area contributed by atoms with Gasteiger partial charge < -0.3 is 10.2 Å². The van der Waals surface area contributed by atoms with Gasteiger partial charge in [0.2, 0.25) is 0 Å². The maximum atomic E-state index is 6.28. The van der Waals surface area contributed by atoms with Crippen LogP contribution in [0.1, 0.15) is 44.2 Å². The monoisotopic (exact) mass is 312 g/mol. The van der Waals surface area contributed by atoms with Gasteiger partial charge in [-0.2, -0.15) is 0 Å². The molecule has 1 atom stereocenters. The van der Waals surface area contributed by atoms with Crippen molar-refractivity contribution < 1.29 is 0 Å². The molecule has 0 bridgehead atoms. The second-order valence-electron chi connectivity index (χ2n) is 6.10. The van der Waals surface area contributed by atoms with E-state index in [2.05, 4.69) is 17.1 Å². The molecule has 0 radical (unpaired) electrons. The first-order valence-corrected chi connectivity index (χ1v) is 8.34. The summed E-state index contributed by atoms with van der Waals surface area (Å²) in [5.41, 5.74) is 1.14. The fourth-order valence-electron chi connectivity index (χ4n) is 3.17. The Morgan fingerprint density at radius 1 is 1.15 bits per heavy atom. The van der Waals surface area contributed by atoms with Crippen LogP contribution < -0.4 is 5.32 Å². The Labute approximate surface area is 131 Å². The third-order valence-corrected chi connectivity index (χ3v) is 5.07. The minimum absolute atomic E-state index is 0.275. The highest BCUT2D eigenvalue weighted by Gasteiger charge is 2.32. The van der Waals surface area contributed by atoms with E-state index in [0.717, 1.165) is 16.6 Å². The van der Waals surface area contributed by atoms with Gasteiger partial charge >= 0.3 is 0 Å². The van der Waals surface area contributed by atoms with Crippen LogP contribution in [0.15, 0.2) is 18.2 Å². The predicted octanol–water partition coefficient (Wildman–Crippen LogP) is 4.27. The van der Waals surface area contributed by atoms with Crippen molar-refractivity contribution in [3.05, 3.63) is 33.8 Å². The maximum absolute atomic E-state index is 6.28. The van der Waals surface area contributed by atoms with Crippen LogP contribution in [0.2, 0.25) is 10.0 Å². The van der Waals surface area contributed by atoms with Crippen LogP contribution in [0.4, 0.5) is 0 Å². The number of hydrogen-bond acceptors (Lipinski definition) is 2. The Morgan fingerprint density at radius 2 is 1.85 bits per heavy atom. The van der Waals surface area contributed by atoms with Crippen molar-refractivity contribution in [2.45, 2.75) is 50.7 Å². The first kappa shape index (κ1) is 14.6. The van der Waals surface area contributed by atoms with Crippen LogP contribution in [-0.2, 0) is 0 Å². The van der Waals surface area contributed by atoms with Crippen molar-refractivity contribution in [3.63, 3.8) is 0 Å². The summed E-state index contributed by atoms with van der Waals surface area (Å²) in [5, 5.41) is 5.18. The van der Waals surface area contributed by atoms with Gasteiger partial charge in [0.05, 0.1) is 0 Å². The average Bonchev–Trinajstić information content (AvgIpc) is 3.23. The van der Waals surface area contributed by atoms with Gasteiger partial charge in [-0.3, -0.25) is 0 Å². The van der Waals surface area contributed by atoms with Gasteiger partial charge in [-0.15, -0.1) is 0 Å². The lowest BCUT2D eigenvalue weighted by Crippen LogP contribution is -2.44. The number of nitrogens with zero attached hydrogens (tertiary/aromatic N) is 1. The van der Waals surface area contributed by atoms with Gasteiger partial charge in [-0.25, -0.2) is 0 Å². The van der Waals surface area contributed by atoms with Crippen LogP contribution in [0.3, 0.4) is 0 Å². The molecule has 2 fully saturated rings. The van der Waals surface area contributed by atoms with E-state index in [0.29, 0.717) is 11.1 Å². The first-order valence-electron chi connectivity index (χ1n) is 7.58. The van der Waals surface area contributed by atoms with Gasteiger partial charge in [0.25, 0.3) is 0 Å². The van der Waals surface area contributed by atoms with Crippen molar-refractivity contribution in [3.8, 4) is 0 Å². The molecule has 1 aromatic carbocycles. The Kier molecular flexibility index (Phi) is 4.56. The Hall–Kier alpha value is -0.280. The minimum Gasteiger partial charge on any atom is -0.307 e. The van der Waals surface area contributed by atoms with Crippen LogP contribution in [0, 0.1) is 0 Å². The quantitative estimate of drug-likeness (QED) is 0.893. The van der Waals surface area contributed by atoms with Crippen LogP contribution in [0.5, 0.6) is 0 Å². The fraction of sp³-hybridized carbons (Fsp3) is 0.625. The van der Waals surface area contributed by atoms with Crippen molar-refractivity contribution in [2.75, 3.05) is 13.1 Å². The summed E-state index contributed by atoms with van der Waals surface area (Å²) in [6.07, 6.45) is 5.31. The summed E-state index contributed by atoms with van der Waals surface area (Å²) in [5.74, 6) is 0. The summed E-state index contributed by atoms with van der Waals surface area (Å²) in [6.45, 7) is 4.66. The van der Waals surface area contributed by atoms with Crippen molar-refractivity contribution >= 4 is 23.2 Å². The molecule has 1 aliphatic heterocycles. The van der Waals surface area contributed by atoms with E-state index in [1.54, 1.807) is 0 Å². The lowest BCUT2D eigenvalue weighted by molar-refractivity contribution is 0.184. The number of piperidine rings is 1. The Balaban J connectivity index is 1.54. The van der Waals surface area contributed by atoms with E-state index in [1.807, 2.05) is 18.2 Å². The maximum Gasteiger partial charge on any atom is 0.0468 e. The van der Waals surface area contributed by atoms with E-state index in [-0.39, 0.29) is 6.04 Å². The molecule has 4 heteroatoms. The van der Waals surface area contributed by atoms with Gasteiger partial charge in [-0.1, -0.05) is 29.3 Å². The highest BCUT2D eigenvalue weighted by atomic mass is 35.5. The summed E-state index contributed by atoms with van der Waals surface area (Å²) in [4.78, 5) is 2.65. The summed E-state index contributed by atoms with van der Waals surface area (Å²) in [7, 11) is 0. The van der Waals surface area contributed by atoms with E-state index >= 15 is 0 Å². The second kappa shape index (κ2) is 6.23. The lowest BCUT2D eigenvalue weighted by Gasteiger charge is -2.34. The number of benzene rings is 1. The first-order chi connectivity index (χ1) is 9.63. The molecule has 1 unspecified atom stereocenters. The standard InChI is InChI=1S/C16H22Cl2N2/c1-11(15-5-2-12(17)10-16(15)18)19-13-6-8-20(9-7-13)14-3-4-14/h2,5,10-11,13-14,19H,3-4,6-9H2,1H3. The third kappa shape index (κ3) is 3.48. The SMILES string of the molecule is CC(NC1CCN(C2CC2)CC1)c1ccc(Cl)cc1Cl. The highest BCUT2D eigenvalue weighted by molar-refractivity contribution is 6.35. The van der Waals surface area contributed by atoms with Crippen LogP contribution >= 0.6 is 23.2 Å². The summed E-state index contributed by atoms with van der Waals surface area (Å²) < 4.78 is 0. The average molecular weight is 313 g/mol. The van der Waals surface area contributed by atoms with Gasteiger partial charge in [0.1, 0.15) is 0 Å². The molecule has 1 saturated heterocycles. The smallest absolute Gasteiger partial charge is 0.0468 e. The largest absolute Gasteiger partial charge is 0.307 e. The molecule has 1 saturated carbocycles. The van der Waals surface area contributed by atoms with Gasteiger partial charge in [-0.05, 0) is 63.4 Å². The molecule has 2 aliphatic rings. The van der Waals surface area contributed by atoms with Gasteiger partial charge in [0, 0.05) is 28.2 Å². The zero-order valence-corrected chi connectivity index (χ0v) is 13.4. The van der Waals surface area contributed by atoms with Crippen LogP contribution in [0.25, 0.3) is 0 Å². The zero-order valence-electron chi connectivity index (χ0n) is 11.9. The molecule has 3 rings (SSSR count). The van der Waals surface area contributed by atoms with Gasteiger partial charge in [0.15, 0.2) is 0 Å².